The molecule has 0 aliphatic heterocycles. The molecule has 0 unspecified atom stereocenters. The number of rotatable bonds is 3. The highest BCUT2D eigenvalue weighted by Gasteiger charge is 2.19. The molecule has 0 spiro atoms. The van der Waals surface area contributed by atoms with Crippen molar-refractivity contribution in [2.45, 2.75) is 19.9 Å². The summed E-state index contributed by atoms with van der Waals surface area (Å²) >= 11 is 4.90. The van der Waals surface area contributed by atoms with Crippen LogP contribution in [-0.2, 0) is 0 Å². The fourth-order valence-corrected chi connectivity index (χ4v) is 1.62. The van der Waals surface area contributed by atoms with Crippen molar-refractivity contribution in [3.05, 3.63) is 39.9 Å². The zero-order valence-electron chi connectivity index (χ0n) is 9.97. The number of nitro benzene ring substituents is 1. The van der Waals surface area contributed by atoms with Gasteiger partial charge in [0.25, 0.3) is 11.6 Å². The van der Waals surface area contributed by atoms with Crippen molar-refractivity contribution in [3.63, 3.8) is 0 Å². The zero-order valence-corrected chi connectivity index (χ0v) is 10.8. The highest BCUT2D eigenvalue weighted by molar-refractivity contribution is 7.80. The van der Waals surface area contributed by atoms with Gasteiger partial charge in [0, 0.05) is 12.1 Å². The van der Waals surface area contributed by atoms with Crippen molar-refractivity contribution in [2.24, 2.45) is 0 Å². The van der Waals surface area contributed by atoms with Crippen molar-refractivity contribution in [1.29, 1.82) is 0 Å². The lowest BCUT2D eigenvalue weighted by molar-refractivity contribution is -0.385. The fraction of sp³-hybridized carbons (Fsp3) is 0.273. The van der Waals surface area contributed by atoms with Crippen molar-refractivity contribution in [2.75, 3.05) is 0 Å². The van der Waals surface area contributed by atoms with Crippen LogP contribution in [0.15, 0.2) is 24.3 Å². The zero-order chi connectivity index (χ0) is 13.7. The summed E-state index contributed by atoms with van der Waals surface area (Å²) in [6.45, 7) is 3.73. The van der Waals surface area contributed by atoms with Gasteiger partial charge >= 0.3 is 0 Å². The summed E-state index contributed by atoms with van der Waals surface area (Å²) in [7, 11) is 0. The normalized spacial score (nSPS) is 9.94. The molecule has 18 heavy (non-hydrogen) atoms. The minimum atomic E-state index is -0.603. The van der Waals surface area contributed by atoms with Gasteiger partial charge in [0.2, 0.25) is 0 Å². The Bertz CT molecular complexity index is 488. The van der Waals surface area contributed by atoms with E-state index in [9.17, 15) is 14.9 Å². The van der Waals surface area contributed by atoms with E-state index in [1.807, 2.05) is 13.8 Å². The van der Waals surface area contributed by atoms with Gasteiger partial charge in [-0.05, 0) is 32.1 Å². The summed E-state index contributed by atoms with van der Waals surface area (Å²) in [5.41, 5.74) is -0.266. The van der Waals surface area contributed by atoms with Crippen LogP contribution in [0.5, 0.6) is 0 Å². The number of thiocarbonyl (C=S) groups is 1. The summed E-state index contributed by atoms with van der Waals surface area (Å²) in [5.74, 6) is -0.597. The van der Waals surface area contributed by atoms with Gasteiger partial charge in [-0.3, -0.25) is 20.2 Å². The Labute approximate surface area is 110 Å². The fourth-order valence-electron chi connectivity index (χ4n) is 1.29. The number of carbonyl (C=O) groups excluding carboxylic acids is 1. The Kier molecular flexibility index (Phi) is 4.73. The third-order valence-corrected chi connectivity index (χ3v) is 2.21. The van der Waals surface area contributed by atoms with E-state index in [1.165, 1.54) is 18.2 Å². The van der Waals surface area contributed by atoms with Gasteiger partial charge in [-0.15, -0.1) is 0 Å². The molecule has 0 aliphatic carbocycles. The molecule has 96 valence electrons. The van der Waals surface area contributed by atoms with Gasteiger partial charge in [0.05, 0.1) is 4.92 Å². The Balaban J connectivity index is 2.85. The largest absolute Gasteiger partial charge is 0.360 e. The average molecular weight is 267 g/mol. The van der Waals surface area contributed by atoms with E-state index in [2.05, 4.69) is 10.6 Å². The molecule has 0 atom stereocenters. The first-order valence-corrected chi connectivity index (χ1v) is 5.68. The van der Waals surface area contributed by atoms with Crippen LogP contribution < -0.4 is 10.6 Å². The molecule has 0 bridgehead atoms. The van der Waals surface area contributed by atoms with Gasteiger partial charge in [0.1, 0.15) is 5.56 Å². The number of nitro groups is 1. The Morgan fingerprint density at radius 1 is 1.39 bits per heavy atom. The quantitative estimate of drug-likeness (QED) is 0.494. The molecular formula is C11H13N3O3S. The predicted octanol–water partition coefficient (Wildman–Crippen LogP) is 1.61. The first kappa shape index (κ1) is 14.0. The summed E-state index contributed by atoms with van der Waals surface area (Å²) < 4.78 is 0. The maximum atomic E-state index is 11.8. The number of benzene rings is 1. The molecule has 1 aromatic carbocycles. The molecule has 1 amide bonds. The van der Waals surface area contributed by atoms with Crippen molar-refractivity contribution in [1.82, 2.24) is 10.6 Å². The molecule has 0 radical (unpaired) electrons. The SMILES string of the molecule is CC(C)NC(=S)NC(=O)c1ccccc1[N+](=O)[O-]. The van der Waals surface area contributed by atoms with Gasteiger partial charge in [-0.2, -0.15) is 0 Å². The first-order valence-electron chi connectivity index (χ1n) is 5.27. The van der Waals surface area contributed by atoms with Gasteiger partial charge < -0.3 is 5.32 Å². The smallest absolute Gasteiger partial charge is 0.282 e. The van der Waals surface area contributed by atoms with Gasteiger partial charge in [0.15, 0.2) is 5.11 Å². The molecule has 0 saturated carbocycles. The molecule has 0 fully saturated rings. The summed E-state index contributed by atoms with van der Waals surface area (Å²) in [4.78, 5) is 22.0. The lowest BCUT2D eigenvalue weighted by atomic mass is 10.1. The third-order valence-electron chi connectivity index (χ3n) is 1.99. The second-order valence-electron chi connectivity index (χ2n) is 3.86. The summed E-state index contributed by atoms with van der Waals surface area (Å²) in [5, 5.41) is 16.1. The van der Waals surface area contributed by atoms with Gasteiger partial charge in [-0.25, -0.2) is 0 Å². The van der Waals surface area contributed by atoms with E-state index in [0.717, 1.165) is 0 Å². The van der Waals surface area contributed by atoms with Crippen LogP contribution >= 0.6 is 12.2 Å². The molecule has 0 saturated heterocycles. The average Bonchev–Trinajstić information content (AvgIpc) is 2.27. The minimum absolute atomic E-state index is 0.0181. The maximum Gasteiger partial charge on any atom is 0.282 e. The van der Waals surface area contributed by atoms with E-state index in [0.29, 0.717) is 0 Å². The summed E-state index contributed by atoms with van der Waals surface area (Å²) in [6.07, 6.45) is 0. The van der Waals surface area contributed by atoms with E-state index >= 15 is 0 Å². The molecule has 1 rings (SSSR count). The molecule has 7 heteroatoms. The standard InChI is InChI=1S/C11H13N3O3S/c1-7(2)12-11(18)13-10(15)8-5-3-4-6-9(8)14(16)17/h3-7H,1-2H3,(H2,12,13,15,18). The van der Waals surface area contributed by atoms with E-state index < -0.39 is 10.8 Å². The molecule has 2 N–H and O–H groups in total. The van der Waals surface area contributed by atoms with E-state index in [4.69, 9.17) is 12.2 Å². The second kappa shape index (κ2) is 6.06. The Morgan fingerprint density at radius 3 is 2.56 bits per heavy atom. The molecule has 0 aromatic heterocycles. The van der Waals surface area contributed by atoms with Crippen molar-refractivity contribution in [3.8, 4) is 0 Å². The number of hydrogen-bond donors (Lipinski definition) is 2. The number of para-hydroxylation sites is 1. The highest BCUT2D eigenvalue weighted by Crippen LogP contribution is 2.17. The molecule has 0 aliphatic rings. The van der Waals surface area contributed by atoms with Crippen LogP contribution in [0.2, 0.25) is 0 Å². The number of amides is 1. The van der Waals surface area contributed by atoms with Crippen LogP contribution in [0.25, 0.3) is 0 Å². The molecular weight excluding hydrogens is 254 g/mol. The maximum absolute atomic E-state index is 11.8. The number of carbonyl (C=O) groups is 1. The van der Waals surface area contributed by atoms with Crippen LogP contribution in [0, 0.1) is 10.1 Å². The van der Waals surface area contributed by atoms with E-state index in [1.54, 1.807) is 6.07 Å². The lowest BCUT2D eigenvalue weighted by Crippen LogP contribution is -2.42. The van der Waals surface area contributed by atoms with Crippen molar-refractivity contribution < 1.29 is 9.72 Å². The van der Waals surface area contributed by atoms with Crippen LogP contribution in [0.1, 0.15) is 24.2 Å². The van der Waals surface area contributed by atoms with E-state index in [-0.39, 0.29) is 22.4 Å². The number of hydrogen-bond acceptors (Lipinski definition) is 4. The molecule has 6 nitrogen and oxygen atoms in total. The van der Waals surface area contributed by atoms with Gasteiger partial charge in [-0.1, -0.05) is 12.1 Å². The minimum Gasteiger partial charge on any atom is -0.360 e. The lowest BCUT2D eigenvalue weighted by Gasteiger charge is -2.11. The predicted molar refractivity (Wildman–Crippen MR) is 71.4 cm³/mol. The number of nitrogens with one attached hydrogen (secondary N) is 2. The third kappa shape index (κ3) is 3.77. The monoisotopic (exact) mass is 267 g/mol. The topological polar surface area (TPSA) is 84.3 Å². The second-order valence-corrected chi connectivity index (χ2v) is 4.26. The Hall–Kier alpha value is -2.02. The van der Waals surface area contributed by atoms with Crippen LogP contribution in [0.4, 0.5) is 5.69 Å². The van der Waals surface area contributed by atoms with Crippen LogP contribution in [0.3, 0.4) is 0 Å². The highest BCUT2D eigenvalue weighted by atomic mass is 32.1. The Morgan fingerprint density at radius 2 is 2.00 bits per heavy atom. The molecule has 1 aromatic rings. The van der Waals surface area contributed by atoms with Crippen LogP contribution in [-0.4, -0.2) is 22.0 Å². The van der Waals surface area contributed by atoms with Crippen molar-refractivity contribution >= 4 is 28.9 Å². The number of nitrogens with zero attached hydrogens (tertiary/aromatic N) is 1. The molecule has 0 heterocycles. The summed E-state index contributed by atoms with van der Waals surface area (Å²) in [6, 6.07) is 5.78. The first-order chi connectivity index (χ1) is 8.41.